The molecule has 1 fully saturated rings. The number of rotatable bonds is 8. The number of nitrogens with one attached hydrogen (secondary N) is 1. The first kappa shape index (κ1) is 22.9. The summed E-state index contributed by atoms with van der Waals surface area (Å²) in [6.45, 7) is 1.47. The molecule has 1 saturated heterocycles. The van der Waals surface area contributed by atoms with Gasteiger partial charge in [-0.3, -0.25) is 4.79 Å². The van der Waals surface area contributed by atoms with E-state index in [4.69, 9.17) is 4.74 Å². The van der Waals surface area contributed by atoms with E-state index >= 15 is 0 Å². The minimum absolute atomic E-state index is 0.121. The van der Waals surface area contributed by atoms with Gasteiger partial charge >= 0.3 is 0 Å². The largest absolute Gasteiger partial charge is 0.379 e. The van der Waals surface area contributed by atoms with Crippen molar-refractivity contribution in [1.82, 2.24) is 14.6 Å². The molecule has 168 valence electrons. The van der Waals surface area contributed by atoms with E-state index in [1.807, 2.05) is 47.8 Å². The van der Waals surface area contributed by atoms with Gasteiger partial charge in [-0.2, -0.15) is 4.31 Å². The van der Waals surface area contributed by atoms with Gasteiger partial charge in [0.1, 0.15) is 4.90 Å². The number of thiophene rings is 1. The number of pyridine rings is 1. The van der Waals surface area contributed by atoms with Gasteiger partial charge in [0.25, 0.3) is 0 Å². The normalized spacial score (nSPS) is 15.9. The standard InChI is InChI=1S/C22H23N3O4S3/c26-20(24-22(19-7-4-14-30-19)17-5-2-1-3-6-17)16-31-21-9-8-18(15-23-21)32(27,28)25-10-12-29-13-11-25/h1-9,14-15,22H,10-13,16H2,(H,24,26). The molecule has 0 spiro atoms. The average Bonchev–Trinajstić information content (AvgIpc) is 3.37. The van der Waals surface area contributed by atoms with Gasteiger partial charge in [0.05, 0.1) is 30.0 Å². The molecule has 1 unspecified atom stereocenters. The summed E-state index contributed by atoms with van der Waals surface area (Å²) in [6, 6.07) is 16.8. The van der Waals surface area contributed by atoms with Crippen LogP contribution in [0.3, 0.4) is 0 Å². The van der Waals surface area contributed by atoms with Gasteiger partial charge in [0, 0.05) is 24.2 Å². The molecule has 32 heavy (non-hydrogen) atoms. The average molecular weight is 490 g/mol. The molecule has 10 heteroatoms. The monoisotopic (exact) mass is 489 g/mol. The maximum Gasteiger partial charge on any atom is 0.244 e. The van der Waals surface area contributed by atoms with Crippen LogP contribution < -0.4 is 5.32 Å². The van der Waals surface area contributed by atoms with Gasteiger partial charge < -0.3 is 10.1 Å². The maximum absolute atomic E-state index is 12.7. The molecule has 0 saturated carbocycles. The first-order chi connectivity index (χ1) is 15.5. The van der Waals surface area contributed by atoms with Crippen molar-refractivity contribution < 1.29 is 17.9 Å². The SMILES string of the molecule is O=C(CSc1ccc(S(=O)(=O)N2CCOCC2)cn1)NC(c1ccccc1)c1cccs1. The van der Waals surface area contributed by atoms with Crippen molar-refractivity contribution in [2.75, 3.05) is 32.1 Å². The molecule has 0 aliphatic carbocycles. The summed E-state index contributed by atoms with van der Waals surface area (Å²) < 4.78 is 32.0. The fraction of sp³-hybridized carbons (Fsp3) is 0.273. The second-order valence-corrected chi connectivity index (χ2v) is 11.0. The Hall–Kier alpha value is -2.24. The number of carbonyl (C=O) groups is 1. The van der Waals surface area contributed by atoms with Gasteiger partial charge in [-0.1, -0.05) is 48.2 Å². The zero-order valence-electron chi connectivity index (χ0n) is 17.2. The fourth-order valence-corrected chi connectivity index (χ4v) is 6.11. The predicted molar refractivity (Wildman–Crippen MR) is 125 cm³/mol. The number of ether oxygens (including phenoxy) is 1. The molecule has 7 nitrogen and oxygen atoms in total. The smallest absolute Gasteiger partial charge is 0.244 e. The third-order valence-corrected chi connectivity index (χ3v) is 8.70. The third-order valence-electron chi connectivity index (χ3n) is 4.93. The van der Waals surface area contributed by atoms with Crippen molar-refractivity contribution in [3.8, 4) is 0 Å². The van der Waals surface area contributed by atoms with Crippen LogP contribution in [0.25, 0.3) is 0 Å². The minimum Gasteiger partial charge on any atom is -0.379 e. The number of sulfonamides is 1. The van der Waals surface area contributed by atoms with E-state index in [0.717, 1.165) is 10.4 Å². The Balaban J connectivity index is 1.37. The van der Waals surface area contributed by atoms with Crippen molar-refractivity contribution in [1.29, 1.82) is 0 Å². The summed E-state index contributed by atoms with van der Waals surface area (Å²) in [4.78, 5) is 18.1. The van der Waals surface area contributed by atoms with Crippen LogP contribution in [0.5, 0.6) is 0 Å². The summed E-state index contributed by atoms with van der Waals surface area (Å²) in [5.74, 6) is 0.0566. The number of hydrogen-bond acceptors (Lipinski definition) is 7. The van der Waals surface area contributed by atoms with Gasteiger partial charge in [0.2, 0.25) is 15.9 Å². The lowest BCUT2D eigenvalue weighted by Crippen LogP contribution is -2.40. The zero-order valence-corrected chi connectivity index (χ0v) is 19.7. The number of carbonyl (C=O) groups excluding carboxylic acids is 1. The highest BCUT2D eigenvalue weighted by Gasteiger charge is 2.26. The van der Waals surface area contributed by atoms with E-state index in [1.54, 1.807) is 17.4 Å². The molecule has 1 atom stereocenters. The van der Waals surface area contributed by atoms with Crippen LogP contribution in [0, 0.1) is 0 Å². The molecular weight excluding hydrogens is 466 g/mol. The van der Waals surface area contributed by atoms with Crippen LogP contribution in [0.15, 0.2) is 76.1 Å². The van der Waals surface area contributed by atoms with Crippen molar-refractivity contribution in [3.63, 3.8) is 0 Å². The second kappa shape index (κ2) is 10.6. The summed E-state index contributed by atoms with van der Waals surface area (Å²) >= 11 is 2.86. The van der Waals surface area contributed by atoms with Gasteiger partial charge in [-0.05, 0) is 29.1 Å². The van der Waals surface area contributed by atoms with Crippen LogP contribution in [0.2, 0.25) is 0 Å². The molecule has 1 amide bonds. The highest BCUT2D eigenvalue weighted by molar-refractivity contribution is 7.99. The second-order valence-electron chi connectivity index (χ2n) is 7.06. The number of morpholine rings is 1. The quantitative estimate of drug-likeness (QED) is 0.489. The molecule has 3 aromatic rings. The first-order valence-electron chi connectivity index (χ1n) is 10.1. The molecule has 0 radical (unpaired) electrons. The Morgan fingerprint density at radius 3 is 2.56 bits per heavy atom. The Morgan fingerprint density at radius 2 is 1.91 bits per heavy atom. The van der Waals surface area contributed by atoms with E-state index in [1.165, 1.54) is 28.3 Å². The third kappa shape index (κ3) is 5.57. The molecule has 1 aliphatic heterocycles. The molecular formula is C22H23N3O4S3. The molecule has 0 bridgehead atoms. The summed E-state index contributed by atoms with van der Waals surface area (Å²) in [6.07, 6.45) is 1.35. The molecule has 1 aromatic carbocycles. The number of aromatic nitrogens is 1. The lowest BCUT2D eigenvalue weighted by molar-refractivity contribution is -0.119. The number of thioether (sulfide) groups is 1. The highest BCUT2D eigenvalue weighted by Crippen LogP contribution is 2.26. The Kier molecular flexibility index (Phi) is 7.59. The van der Waals surface area contributed by atoms with E-state index in [0.29, 0.717) is 31.3 Å². The topological polar surface area (TPSA) is 88.6 Å². The van der Waals surface area contributed by atoms with Crippen molar-refractivity contribution in [2.45, 2.75) is 16.0 Å². The Labute approximate surface area is 195 Å². The Morgan fingerprint density at radius 1 is 1.12 bits per heavy atom. The minimum atomic E-state index is -3.58. The highest BCUT2D eigenvalue weighted by atomic mass is 32.2. The van der Waals surface area contributed by atoms with Crippen LogP contribution in [-0.2, 0) is 19.6 Å². The van der Waals surface area contributed by atoms with Gasteiger partial charge in [-0.15, -0.1) is 11.3 Å². The summed E-state index contributed by atoms with van der Waals surface area (Å²) in [5, 5.41) is 5.67. The van der Waals surface area contributed by atoms with Crippen LogP contribution in [0.4, 0.5) is 0 Å². The van der Waals surface area contributed by atoms with E-state index < -0.39 is 10.0 Å². The van der Waals surface area contributed by atoms with Crippen LogP contribution in [0.1, 0.15) is 16.5 Å². The summed E-state index contributed by atoms with van der Waals surface area (Å²) in [7, 11) is -3.58. The summed E-state index contributed by atoms with van der Waals surface area (Å²) in [5.41, 5.74) is 1.02. The predicted octanol–water partition coefficient (Wildman–Crippen LogP) is 3.16. The van der Waals surface area contributed by atoms with Crippen molar-refractivity contribution in [2.24, 2.45) is 0 Å². The first-order valence-corrected chi connectivity index (χ1v) is 13.4. The molecule has 1 N–H and O–H groups in total. The van der Waals surface area contributed by atoms with Crippen molar-refractivity contribution >= 4 is 39.0 Å². The zero-order chi connectivity index (χ0) is 22.4. The number of amides is 1. The Bertz CT molecular complexity index is 1110. The molecule has 2 aromatic heterocycles. The molecule has 3 heterocycles. The fourth-order valence-electron chi connectivity index (χ4n) is 3.30. The molecule has 4 rings (SSSR count). The number of nitrogens with zero attached hydrogens (tertiary/aromatic N) is 2. The van der Waals surface area contributed by atoms with Gasteiger partial charge in [0.15, 0.2) is 0 Å². The number of hydrogen-bond donors (Lipinski definition) is 1. The van der Waals surface area contributed by atoms with E-state index in [2.05, 4.69) is 10.3 Å². The van der Waals surface area contributed by atoms with Crippen molar-refractivity contribution in [3.05, 3.63) is 76.6 Å². The van der Waals surface area contributed by atoms with Gasteiger partial charge in [-0.25, -0.2) is 13.4 Å². The lowest BCUT2D eigenvalue weighted by atomic mass is 10.1. The van der Waals surface area contributed by atoms with Crippen LogP contribution in [-0.4, -0.2) is 55.7 Å². The maximum atomic E-state index is 12.7. The lowest BCUT2D eigenvalue weighted by Gasteiger charge is -2.25. The van der Waals surface area contributed by atoms with E-state index in [-0.39, 0.29) is 22.6 Å². The van der Waals surface area contributed by atoms with Crippen LogP contribution >= 0.6 is 23.1 Å². The van der Waals surface area contributed by atoms with E-state index in [9.17, 15) is 13.2 Å². The number of benzene rings is 1. The molecule has 1 aliphatic rings.